The quantitative estimate of drug-likeness (QED) is 0.561. The molecule has 0 radical (unpaired) electrons. The SMILES string of the molecule is O=C(NCc1cc(C(=O)O)c(Nn2c(=O)c2=O)s1)NC1CCCCC1. The van der Waals surface area contributed by atoms with Crippen molar-refractivity contribution in [2.45, 2.75) is 44.7 Å². The summed E-state index contributed by atoms with van der Waals surface area (Å²) in [6.07, 6.45) is 5.37. The Morgan fingerprint density at radius 1 is 1.20 bits per heavy atom. The van der Waals surface area contributed by atoms with Crippen molar-refractivity contribution in [3.05, 3.63) is 37.2 Å². The number of urea groups is 1. The number of hydrogen-bond donors (Lipinski definition) is 4. The molecule has 0 aliphatic heterocycles. The van der Waals surface area contributed by atoms with E-state index in [4.69, 9.17) is 0 Å². The summed E-state index contributed by atoms with van der Waals surface area (Å²) in [4.78, 5) is 45.9. The van der Waals surface area contributed by atoms with E-state index in [0.29, 0.717) is 4.88 Å². The van der Waals surface area contributed by atoms with Crippen molar-refractivity contribution >= 4 is 28.3 Å². The molecule has 0 spiro atoms. The van der Waals surface area contributed by atoms with Crippen molar-refractivity contribution in [3.63, 3.8) is 0 Å². The summed E-state index contributed by atoms with van der Waals surface area (Å²) in [5.41, 5.74) is 1.01. The third-order valence-electron chi connectivity index (χ3n) is 4.13. The van der Waals surface area contributed by atoms with Gasteiger partial charge in [0, 0.05) is 10.9 Å². The molecule has 4 N–H and O–H groups in total. The minimum Gasteiger partial charge on any atom is -0.478 e. The van der Waals surface area contributed by atoms with E-state index in [1.165, 1.54) is 12.5 Å². The van der Waals surface area contributed by atoms with Crippen LogP contribution in [0.4, 0.5) is 9.80 Å². The zero-order chi connectivity index (χ0) is 18.0. The molecule has 0 atom stereocenters. The Hall–Kier alpha value is -2.62. The summed E-state index contributed by atoms with van der Waals surface area (Å²) >= 11 is 1.07. The number of amides is 2. The Bertz CT molecular complexity index is 832. The van der Waals surface area contributed by atoms with Crippen molar-refractivity contribution in [2.24, 2.45) is 0 Å². The van der Waals surface area contributed by atoms with Gasteiger partial charge in [-0.1, -0.05) is 19.3 Å². The van der Waals surface area contributed by atoms with Crippen LogP contribution in [0.3, 0.4) is 0 Å². The lowest BCUT2D eigenvalue weighted by molar-refractivity contribution is 0.0698. The molecule has 9 nitrogen and oxygen atoms in total. The maximum Gasteiger partial charge on any atom is 0.340 e. The molecule has 10 heteroatoms. The Kier molecular flexibility index (Phi) is 4.88. The molecule has 1 aliphatic carbocycles. The third-order valence-corrected chi connectivity index (χ3v) is 5.17. The average Bonchev–Trinajstić information content (AvgIpc) is 2.99. The van der Waals surface area contributed by atoms with Gasteiger partial charge >= 0.3 is 23.1 Å². The van der Waals surface area contributed by atoms with Crippen LogP contribution >= 0.6 is 11.3 Å². The summed E-state index contributed by atoms with van der Waals surface area (Å²) in [6, 6.07) is 1.31. The lowest BCUT2D eigenvalue weighted by atomic mass is 9.96. The minimum absolute atomic E-state index is 0.0537. The molecule has 1 saturated carbocycles. The second kappa shape index (κ2) is 7.09. The van der Waals surface area contributed by atoms with E-state index in [1.807, 2.05) is 0 Å². The number of hydrogen-bond acceptors (Lipinski definition) is 6. The Morgan fingerprint density at radius 3 is 2.48 bits per heavy atom. The Morgan fingerprint density at radius 2 is 1.88 bits per heavy atom. The van der Waals surface area contributed by atoms with Crippen LogP contribution in [0.1, 0.15) is 47.3 Å². The van der Waals surface area contributed by atoms with E-state index in [9.17, 15) is 24.3 Å². The minimum atomic E-state index is -1.18. The predicted octanol–water partition coefficient (Wildman–Crippen LogP) is 0.851. The normalized spacial score (nSPS) is 15.2. The highest BCUT2D eigenvalue weighted by Gasteiger charge is 2.22. The number of nitrogens with one attached hydrogen (secondary N) is 3. The van der Waals surface area contributed by atoms with Crippen LogP contribution in [-0.2, 0) is 6.54 Å². The number of anilines is 1. The van der Waals surface area contributed by atoms with Crippen molar-refractivity contribution in [1.82, 2.24) is 15.3 Å². The van der Waals surface area contributed by atoms with Gasteiger partial charge in [-0.15, -0.1) is 11.3 Å². The maximum absolute atomic E-state index is 11.9. The predicted molar refractivity (Wildman–Crippen MR) is 91.9 cm³/mol. The summed E-state index contributed by atoms with van der Waals surface area (Å²) in [6.45, 7) is 0.160. The largest absolute Gasteiger partial charge is 0.478 e. The lowest BCUT2D eigenvalue weighted by Gasteiger charge is -2.22. The van der Waals surface area contributed by atoms with Crippen molar-refractivity contribution in [3.8, 4) is 0 Å². The molecule has 0 aromatic carbocycles. The van der Waals surface area contributed by atoms with Crippen LogP contribution in [0.5, 0.6) is 0 Å². The number of thiophene rings is 1. The first kappa shape index (κ1) is 17.2. The van der Waals surface area contributed by atoms with Crippen LogP contribution in [0.25, 0.3) is 0 Å². The molecule has 2 amide bonds. The molecule has 3 rings (SSSR count). The number of aromatic nitrogens is 1. The molecule has 2 heterocycles. The fourth-order valence-corrected chi connectivity index (χ4v) is 3.74. The van der Waals surface area contributed by atoms with Gasteiger partial charge < -0.3 is 15.7 Å². The molecular formula is C15H18N4O5S. The summed E-state index contributed by atoms with van der Waals surface area (Å²) in [5.74, 6) is -1.18. The van der Waals surface area contributed by atoms with Gasteiger partial charge in [0.25, 0.3) is 0 Å². The lowest BCUT2D eigenvalue weighted by Crippen LogP contribution is -2.42. The van der Waals surface area contributed by atoms with Gasteiger partial charge in [-0.05, 0) is 18.9 Å². The number of rotatable bonds is 6. The second-order valence-corrected chi connectivity index (χ2v) is 7.12. The molecule has 0 saturated heterocycles. The first-order chi connectivity index (χ1) is 12.0. The van der Waals surface area contributed by atoms with E-state index < -0.39 is 17.1 Å². The van der Waals surface area contributed by atoms with Crippen LogP contribution in [0.15, 0.2) is 15.7 Å². The number of carbonyl (C=O) groups is 2. The van der Waals surface area contributed by atoms with Gasteiger partial charge in [0.2, 0.25) is 0 Å². The first-order valence-corrected chi connectivity index (χ1v) is 8.83. The molecule has 2 aromatic rings. The number of carbonyl (C=O) groups excluding carboxylic acids is 1. The van der Waals surface area contributed by atoms with E-state index in [-0.39, 0.29) is 29.2 Å². The van der Waals surface area contributed by atoms with Crippen molar-refractivity contribution in [2.75, 3.05) is 5.43 Å². The standard InChI is InChI=1S/C15H18N4O5S/c20-12-13(21)19(12)18-11-10(14(22)23)6-9(25-11)7-16-15(24)17-8-4-2-1-3-5-8/h6,8,18H,1-5,7H2,(H,22,23)(H2,16,17,24). The van der Waals surface area contributed by atoms with Crippen molar-refractivity contribution < 1.29 is 14.7 Å². The van der Waals surface area contributed by atoms with Gasteiger partial charge in [0.05, 0.1) is 12.1 Å². The zero-order valence-electron chi connectivity index (χ0n) is 13.3. The van der Waals surface area contributed by atoms with E-state index in [0.717, 1.165) is 41.7 Å². The average molecular weight is 366 g/mol. The molecule has 134 valence electrons. The topological polar surface area (TPSA) is 130 Å². The highest BCUT2D eigenvalue weighted by atomic mass is 32.1. The van der Waals surface area contributed by atoms with Gasteiger partial charge in [0.1, 0.15) is 5.00 Å². The van der Waals surface area contributed by atoms with Crippen LogP contribution in [0.2, 0.25) is 0 Å². The monoisotopic (exact) mass is 366 g/mol. The van der Waals surface area contributed by atoms with Gasteiger partial charge in [-0.2, -0.15) is 4.68 Å². The molecule has 25 heavy (non-hydrogen) atoms. The maximum atomic E-state index is 11.9. The number of aromatic carboxylic acids is 1. The summed E-state index contributed by atoms with van der Waals surface area (Å²) in [5, 5.41) is 15.0. The Labute approximate surface area is 146 Å². The summed E-state index contributed by atoms with van der Waals surface area (Å²) < 4.78 is 0.741. The van der Waals surface area contributed by atoms with E-state index >= 15 is 0 Å². The van der Waals surface area contributed by atoms with Gasteiger partial charge in [-0.25, -0.2) is 9.59 Å². The highest BCUT2D eigenvalue weighted by Crippen LogP contribution is 2.28. The molecule has 2 aromatic heterocycles. The van der Waals surface area contributed by atoms with Crippen LogP contribution < -0.4 is 27.2 Å². The number of carboxylic acid groups (broad SMARTS) is 1. The number of carboxylic acids is 1. The molecule has 0 bridgehead atoms. The molecule has 1 aliphatic rings. The number of nitrogens with zero attached hydrogens (tertiary/aromatic N) is 1. The summed E-state index contributed by atoms with van der Waals surface area (Å²) in [7, 11) is 0. The van der Waals surface area contributed by atoms with Gasteiger partial charge in [-0.3, -0.25) is 15.0 Å². The molecular weight excluding hydrogens is 348 g/mol. The van der Waals surface area contributed by atoms with Crippen LogP contribution in [-0.4, -0.2) is 27.8 Å². The smallest absolute Gasteiger partial charge is 0.340 e. The molecule has 0 unspecified atom stereocenters. The molecule has 1 fully saturated rings. The highest BCUT2D eigenvalue weighted by molar-refractivity contribution is 7.16. The fraction of sp³-hybridized carbons (Fsp3) is 0.467. The fourth-order valence-electron chi connectivity index (χ4n) is 2.76. The van der Waals surface area contributed by atoms with E-state index in [2.05, 4.69) is 16.1 Å². The Balaban J connectivity index is 1.59. The third kappa shape index (κ3) is 4.08. The first-order valence-electron chi connectivity index (χ1n) is 8.01. The van der Waals surface area contributed by atoms with E-state index in [1.54, 1.807) is 0 Å². The second-order valence-electron chi connectivity index (χ2n) is 5.98. The van der Waals surface area contributed by atoms with Gasteiger partial charge in [0.15, 0.2) is 0 Å². The van der Waals surface area contributed by atoms with Crippen LogP contribution in [0, 0.1) is 0 Å². The van der Waals surface area contributed by atoms with Crippen molar-refractivity contribution in [1.29, 1.82) is 0 Å². The zero-order valence-corrected chi connectivity index (χ0v) is 14.1.